The van der Waals surface area contributed by atoms with Crippen molar-refractivity contribution in [2.75, 3.05) is 0 Å². The number of fused-ring (bicyclic) bond motifs is 1. The zero-order valence-corrected chi connectivity index (χ0v) is 14.2. The van der Waals surface area contributed by atoms with Gasteiger partial charge >= 0.3 is 137 Å². The maximum atomic E-state index is 12.5. The Morgan fingerprint density at radius 1 is 1.09 bits per heavy atom. The molecule has 0 unspecified atom stereocenters. The SMILES string of the molecule is Cc1cccc(-c2nnc(-n3[se]c4ccccc4c3=O)s2)c1. The molecule has 0 aliphatic heterocycles. The predicted octanol–water partition coefficient (Wildman–Crippen LogP) is 2.87. The van der Waals surface area contributed by atoms with Crippen molar-refractivity contribution in [1.29, 1.82) is 0 Å². The molecule has 0 radical (unpaired) electrons. The molecule has 6 heteroatoms. The summed E-state index contributed by atoms with van der Waals surface area (Å²) in [6.45, 7) is 2.05. The fourth-order valence-electron chi connectivity index (χ4n) is 2.29. The van der Waals surface area contributed by atoms with Crippen LogP contribution in [0.5, 0.6) is 0 Å². The van der Waals surface area contributed by atoms with E-state index in [1.807, 2.05) is 36.4 Å². The molecule has 108 valence electrons. The van der Waals surface area contributed by atoms with Gasteiger partial charge in [0.2, 0.25) is 0 Å². The summed E-state index contributed by atoms with van der Waals surface area (Å²) in [7, 11) is 0. The minimum atomic E-state index is -0.0584. The molecule has 0 N–H and O–H groups in total. The van der Waals surface area contributed by atoms with Gasteiger partial charge in [-0.05, 0) is 0 Å². The van der Waals surface area contributed by atoms with E-state index in [9.17, 15) is 4.79 Å². The standard InChI is InChI=1S/C16H11N3OSSe/c1-10-5-4-6-11(9-10)14-17-18-16(21-14)19-15(20)12-7-2-3-8-13(12)22-19/h2-9H,1H3. The second-order valence-electron chi connectivity index (χ2n) is 4.95. The molecule has 4 aromatic rings. The summed E-state index contributed by atoms with van der Waals surface area (Å²) in [6.07, 6.45) is 0. The Balaban J connectivity index is 1.83. The molecule has 2 heterocycles. The van der Waals surface area contributed by atoms with E-state index in [1.54, 1.807) is 3.56 Å². The van der Waals surface area contributed by atoms with E-state index in [0.717, 1.165) is 20.2 Å². The molecule has 0 fully saturated rings. The van der Waals surface area contributed by atoms with Crippen molar-refractivity contribution >= 4 is 35.7 Å². The third kappa shape index (κ3) is 2.25. The Labute approximate surface area is 136 Å². The Morgan fingerprint density at radius 3 is 2.77 bits per heavy atom. The summed E-state index contributed by atoms with van der Waals surface area (Å²) < 4.78 is 2.86. The zero-order valence-electron chi connectivity index (χ0n) is 11.7. The van der Waals surface area contributed by atoms with Gasteiger partial charge < -0.3 is 0 Å². The van der Waals surface area contributed by atoms with E-state index in [4.69, 9.17) is 0 Å². The van der Waals surface area contributed by atoms with Gasteiger partial charge in [0.05, 0.1) is 0 Å². The zero-order chi connectivity index (χ0) is 15.1. The second-order valence-corrected chi connectivity index (χ2v) is 7.97. The third-order valence-corrected chi connectivity index (χ3v) is 6.82. The van der Waals surface area contributed by atoms with Gasteiger partial charge in [0.1, 0.15) is 0 Å². The Bertz CT molecular complexity index is 1030. The Hall–Kier alpha value is -2.01. The molecule has 0 atom stereocenters. The normalized spacial score (nSPS) is 11.1. The first-order valence-electron chi connectivity index (χ1n) is 6.74. The summed E-state index contributed by atoms with van der Waals surface area (Å²) in [4.78, 5) is 12.5. The summed E-state index contributed by atoms with van der Waals surface area (Å²) in [5, 5.41) is 10.8. The fraction of sp³-hybridized carbons (Fsp3) is 0.0625. The molecule has 0 aliphatic rings. The Kier molecular flexibility index (Phi) is 3.30. The summed E-state index contributed by atoms with van der Waals surface area (Å²) >= 11 is 1.41. The van der Waals surface area contributed by atoms with Crippen molar-refractivity contribution in [2.24, 2.45) is 0 Å². The third-order valence-electron chi connectivity index (χ3n) is 3.34. The first-order chi connectivity index (χ1) is 10.7. The van der Waals surface area contributed by atoms with Crippen LogP contribution in [-0.2, 0) is 0 Å². The number of rotatable bonds is 2. The van der Waals surface area contributed by atoms with Gasteiger partial charge in [-0.25, -0.2) is 0 Å². The number of aromatic nitrogens is 3. The van der Waals surface area contributed by atoms with Crippen LogP contribution in [0, 0.1) is 6.92 Å². The number of benzene rings is 2. The van der Waals surface area contributed by atoms with Gasteiger partial charge in [-0.1, -0.05) is 0 Å². The Morgan fingerprint density at radius 2 is 1.95 bits per heavy atom. The van der Waals surface area contributed by atoms with E-state index in [0.29, 0.717) is 5.13 Å². The van der Waals surface area contributed by atoms with E-state index in [-0.39, 0.29) is 20.3 Å². The first kappa shape index (κ1) is 13.6. The fourth-order valence-corrected chi connectivity index (χ4v) is 5.32. The topological polar surface area (TPSA) is 47.8 Å². The van der Waals surface area contributed by atoms with Crippen molar-refractivity contribution in [3.05, 3.63) is 64.4 Å². The molecule has 0 aliphatic carbocycles. The van der Waals surface area contributed by atoms with E-state index >= 15 is 0 Å². The van der Waals surface area contributed by atoms with Gasteiger partial charge in [0.15, 0.2) is 0 Å². The van der Waals surface area contributed by atoms with Crippen LogP contribution in [0.1, 0.15) is 5.56 Å². The summed E-state index contributed by atoms with van der Waals surface area (Å²) in [6, 6.07) is 15.9. The van der Waals surface area contributed by atoms with Crippen molar-refractivity contribution in [2.45, 2.75) is 6.92 Å². The number of nitrogens with zero attached hydrogens (tertiary/aromatic N) is 3. The molecular formula is C16H11N3OSSe. The monoisotopic (exact) mass is 373 g/mol. The van der Waals surface area contributed by atoms with Gasteiger partial charge in [0, 0.05) is 0 Å². The minimum absolute atomic E-state index is 0.0301. The number of hydrogen-bond donors (Lipinski definition) is 0. The van der Waals surface area contributed by atoms with E-state index in [2.05, 4.69) is 29.3 Å². The van der Waals surface area contributed by atoms with E-state index < -0.39 is 0 Å². The van der Waals surface area contributed by atoms with Gasteiger partial charge in [-0.3, -0.25) is 0 Å². The number of hydrogen-bond acceptors (Lipinski definition) is 4. The molecule has 0 saturated carbocycles. The molecule has 22 heavy (non-hydrogen) atoms. The quantitative estimate of drug-likeness (QED) is 0.509. The van der Waals surface area contributed by atoms with Gasteiger partial charge in [-0.2, -0.15) is 0 Å². The second kappa shape index (κ2) is 5.32. The summed E-state index contributed by atoms with van der Waals surface area (Å²) in [5.41, 5.74) is 2.26. The van der Waals surface area contributed by atoms with Crippen LogP contribution in [0.3, 0.4) is 0 Å². The molecule has 0 saturated heterocycles. The molecule has 0 amide bonds. The van der Waals surface area contributed by atoms with Crippen LogP contribution in [0.25, 0.3) is 25.3 Å². The van der Waals surface area contributed by atoms with Crippen LogP contribution in [-0.4, -0.2) is 28.5 Å². The van der Waals surface area contributed by atoms with Crippen molar-refractivity contribution in [3.63, 3.8) is 0 Å². The molecule has 4 nitrogen and oxygen atoms in total. The van der Waals surface area contributed by atoms with Crippen LogP contribution in [0.15, 0.2) is 53.3 Å². The van der Waals surface area contributed by atoms with Crippen molar-refractivity contribution in [3.8, 4) is 15.7 Å². The molecule has 2 aromatic heterocycles. The van der Waals surface area contributed by atoms with Crippen LogP contribution in [0.4, 0.5) is 0 Å². The first-order valence-corrected chi connectivity index (χ1v) is 9.18. The maximum absolute atomic E-state index is 12.5. The number of aryl methyl sites for hydroxylation is 1. The molecule has 0 spiro atoms. The van der Waals surface area contributed by atoms with Crippen LogP contribution < -0.4 is 5.56 Å². The van der Waals surface area contributed by atoms with Crippen LogP contribution >= 0.6 is 11.3 Å². The van der Waals surface area contributed by atoms with Gasteiger partial charge in [-0.15, -0.1) is 0 Å². The average Bonchev–Trinajstić information content (AvgIpc) is 3.13. The average molecular weight is 372 g/mol. The van der Waals surface area contributed by atoms with Gasteiger partial charge in [0.25, 0.3) is 0 Å². The molecule has 0 bridgehead atoms. The molecule has 2 aromatic carbocycles. The van der Waals surface area contributed by atoms with Crippen LogP contribution in [0.2, 0.25) is 0 Å². The van der Waals surface area contributed by atoms with Crippen molar-refractivity contribution in [1.82, 2.24) is 13.8 Å². The summed E-state index contributed by atoms with van der Waals surface area (Å²) in [5.74, 6) is 0. The van der Waals surface area contributed by atoms with E-state index in [1.165, 1.54) is 16.9 Å². The molecular weight excluding hydrogens is 361 g/mol. The molecule has 4 rings (SSSR count). The van der Waals surface area contributed by atoms with Crippen molar-refractivity contribution < 1.29 is 0 Å². The predicted molar refractivity (Wildman–Crippen MR) is 90.1 cm³/mol.